The predicted octanol–water partition coefficient (Wildman–Crippen LogP) is 2.98. The number of benzene rings is 1. The van der Waals surface area contributed by atoms with Crippen molar-refractivity contribution in [3.05, 3.63) is 42.1 Å². The molecular weight excluding hydrogens is 368 g/mol. The molecule has 5 atom stereocenters. The Kier molecular flexibility index (Phi) is 4.17. The van der Waals surface area contributed by atoms with Crippen molar-refractivity contribution in [1.82, 2.24) is 4.98 Å². The van der Waals surface area contributed by atoms with E-state index in [0.717, 1.165) is 37.8 Å². The van der Waals surface area contributed by atoms with Gasteiger partial charge in [0.1, 0.15) is 11.6 Å². The molecule has 4 saturated carbocycles. The molecule has 3 unspecified atom stereocenters. The first-order valence-electron chi connectivity index (χ1n) is 10.2. The van der Waals surface area contributed by atoms with Gasteiger partial charge in [0.25, 0.3) is 5.91 Å². The van der Waals surface area contributed by atoms with Crippen molar-refractivity contribution in [2.45, 2.75) is 43.7 Å². The van der Waals surface area contributed by atoms with Gasteiger partial charge in [0.15, 0.2) is 0 Å². The van der Waals surface area contributed by atoms with Crippen LogP contribution >= 0.6 is 0 Å². The first kappa shape index (κ1) is 18.2. The number of pyridine rings is 1. The molecule has 29 heavy (non-hydrogen) atoms. The number of aliphatic hydroxyl groups is 1. The number of nitrogens with zero attached hydrogens (tertiary/aromatic N) is 1. The predicted molar refractivity (Wildman–Crippen MR) is 110 cm³/mol. The molecule has 0 saturated heterocycles. The normalized spacial score (nSPS) is 32.2. The SMILES string of the molecule is NC(=O)c1cnc(Nc2ccc(O)cc2)cc1NC1[C@@H]2CC3C[C@H]1CC(O)(C3)C2. The molecule has 7 nitrogen and oxygen atoms in total. The third-order valence-corrected chi connectivity index (χ3v) is 6.87. The number of nitrogens with one attached hydrogen (secondary N) is 2. The largest absolute Gasteiger partial charge is 0.508 e. The maximum atomic E-state index is 12.0. The molecule has 1 aromatic carbocycles. The van der Waals surface area contributed by atoms with Crippen molar-refractivity contribution in [1.29, 1.82) is 0 Å². The molecule has 7 heteroatoms. The average molecular weight is 394 g/mol. The monoisotopic (exact) mass is 394 g/mol. The van der Waals surface area contributed by atoms with Crippen LogP contribution in [0.1, 0.15) is 42.5 Å². The molecule has 1 amide bonds. The minimum atomic E-state index is -0.515. The van der Waals surface area contributed by atoms with E-state index < -0.39 is 11.5 Å². The lowest BCUT2D eigenvalue weighted by Gasteiger charge is -2.58. The second-order valence-electron chi connectivity index (χ2n) is 9.02. The van der Waals surface area contributed by atoms with Gasteiger partial charge in [-0.05, 0) is 74.1 Å². The Labute approximate surface area is 169 Å². The van der Waals surface area contributed by atoms with E-state index in [2.05, 4.69) is 15.6 Å². The Bertz CT molecular complexity index is 930. The summed E-state index contributed by atoms with van der Waals surface area (Å²) in [5.41, 5.74) is 6.93. The van der Waals surface area contributed by atoms with Gasteiger partial charge in [0.2, 0.25) is 0 Å². The molecule has 6 rings (SSSR count). The summed E-state index contributed by atoms with van der Waals surface area (Å²) in [6.07, 6.45) is 6.35. The van der Waals surface area contributed by atoms with Gasteiger partial charge in [0.05, 0.1) is 16.9 Å². The average Bonchev–Trinajstić information content (AvgIpc) is 2.65. The zero-order valence-corrected chi connectivity index (χ0v) is 16.1. The number of hydrogen-bond donors (Lipinski definition) is 5. The van der Waals surface area contributed by atoms with Gasteiger partial charge in [0, 0.05) is 24.0 Å². The Morgan fingerprint density at radius 3 is 2.45 bits per heavy atom. The third-order valence-electron chi connectivity index (χ3n) is 6.87. The van der Waals surface area contributed by atoms with Crippen LogP contribution in [0, 0.1) is 17.8 Å². The van der Waals surface area contributed by atoms with E-state index in [0.29, 0.717) is 34.8 Å². The highest BCUT2D eigenvalue weighted by Gasteiger charge is 2.54. The van der Waals surface area contributed by atoms with Gasteiger partial charge >= 0.3 is 0 Å². The van der Waals surface area contributed by atoms with Crippen LogP contribution in [0.2, 0.25) is 0 Å². The number of primary amides is 1. The van der Waals surface area contributed by atoms with Crippen molar-refractivity contribution < 1.29 is 15.0 Å². The van der Waals surface area contributed by atoms with Gasteiger partial charge in [-0.1, -0.05) is 0 Å². The first-order chi connectivity index (χ1) is 13.9. The number of phenolic OH excluding ortho intramolecular Hbond substituents is 1. The van der Waals surface area contributed by atoms with Crippen molar-refractivity contribution in [2.75, 3.05) is 10.6 Å². The fourth-order valence-corrected chi connectivity index (χ4v) is 5.93. The molecule has 0 aliphatic heterocycles. The number of anilines is 3. The topological polar surface area (TPSA) is 121 Å². The highest BCUT2D eigenvalue weighted by molar-refractivity contribution is 5.98. The Balaban J connectivity index is 1.41. The van der Waals surface area contributed by atoms with Crippen molar-refractivity contribution in [2.24, 2.45) is 23.5 Å². The van der Waals surface area contributed by atoms with E-state index in [1.165, 1.54) is 6.20 Å². The van der Waals surface area contributed by atoms with Crippen LogP contribution in [0.4, 0.5) is 17.2 Å². The smallest absolute Gasteiger partial charge is 0.252 e. The summed E-state index contributed by atoms with van der Waals surface area (Å²) in [5, 5.41) is 27.0. The molecular formula is C22H26N4O3. The lowest BCUT2D eigenvalue weighted by atomic mass is 9.52. The lowest BCUT2D eigenvalue weighted by Crippen LogP contribution is -2.59. The summed E-state index contributed by atoms with van der Waals surface area (Å²) in [6.45, 7) is 0. The summed E-state index contributed by atoms with van der Waals surface area (Å²) < 4.78 is 0. The van der Waals surface area contributed by atoms with Crippen molar-refractivity contribution in [3.63, 3.8) is 0 Å². The number of carbonyl (C=O) groups excluding carboxylic acids is 1. The lowest BCUT2D eigenvalue weighted by molar-refractivity contribution is -0.129. The minimum Gasteiger partial charge on any atom is -0.508 e. The first-order valence-corrected chi connectivity index (χ1v) is 10.2. The number of carbonyl (C=O) groups is 1. The maximum absolute atomic E-state index is 12.0. The quantitative estimate of drug-likeness (QED) is 0.497. The maximum Gasteiger partial charge on any atom is 0.252 e. The number of nitrogens with two attached hydrogens (primary N) is 1. The van der Waals surface area contributed by atoms with Crippen LogP contribution in [0.25, 0.3) is 0 Å². The Morgan fingerprint density at radius 1 is 1.14 bits per heavy atom. The number of phenols is 1. The molecule has 4 aliphatic carbocycles. The van der Waals surface area contributed by atoms with Gasteiger partial charge in [-0.15, -0.1) is 0 Å². The number of amides is 1. The zero-order valence-electron chi connectivity index (χ0n) is 16.1. The van der Waals surface area contributed by atoms with Gasteiger partial charge in [-0.25, -0.2) is 4.98 Å². The molecule has 0 radical (unpaired) electrons. The molecule has 152 valence electrons. The molecule has 1 aromatic heterocycles. The van der Waals surface area contributed by atoms with Crippen LogP contribution in [0.5, 0.6) is 5.75 Å². The van der Waals surface area contributed by atoms with E-state index in [4.69, 9.17) is 5.73 Å². The second kappa shape index (κ2) is 6.62. The number of hydrogen-bond acceptors (Lipinski definition) is 6. The van der Waals surface area contributed by atoms with Gasteiger partial charge in [-0.2, -0.15) is 0 Å². The highest BCUT2D eigenvalue weighted by atomic mass is 16.3. The van der Waals surface area contributed by atoms with Crippen LogP contribution in [0.3, 0.4) is 0 Å². The fraction of sp³-hybridized carbons (Fsp3) is 0.455. The zero-order chi connectivity index (χ0) is 20.2. The van der Waals surface area contributed by atoms with Gasteiger partial charge in [-0.3, -0.25) is 4.79 Å². The minimum absolute atomic E-state index is 0.193. The van der Waals surface area contributed by atoms with Crippen LogP contribution in [-0.2, 0) is 0 Å². The highest BCUT2D eigenvalue weighted by Crippen LogP contribution is 2.56. The number of rotatable bonds is 5. The third kappa shape index (κ3) is 3.40. The van der Waals surface area contributed by atoms with E-state index in [1.807, 2.05) is 6.07 Å². The van der Waals surface area contributed by atoms with E-state index >= 15 is 0 Å². The molecule has 1 heterocycles. The summed E-state index contributed by atoms with van der Waals surface area (Å²) >= 11 is 0. The summed E-state index contributed by atoms with van der Waals surface area (Å²) in [5.74, 6) is 1.71. The van der Waals surface area contributed by atoms with Crippen molar-refractivity contribution in [3.8, 4) is 5.75 Å². The van der Waals surface area contributed by atoms with Crippen molar-refractivity contribution >= 4 is 23.1 Å². The number of aromatic nitrogens is 1. The number of aromatic hydroxyl groups is 1. The Morgan fingerprint density at radius 2 is 1.83 bits per heavy atom. The molecule has 2 aromatic rings. The van der Waals surface area contributed by atoms with E-state index in [1.54, 1.807) is 24.3 Å². The summed E-state index contributed by atoms with van der Waals surface area (Å²) in [4.78, 5) is 16.3. The van der Waals surface area contributed by atoms with E-state index in [-0.39, 0.29) is 11.8 Å². The summed E-state index contributed by atoms with van der Waals surface area (Å²) in [6, 6.07) is 8.74. The standard InChI is InChI=1S/C22H26N4O3/c23-21(28)17-11-24-19(25-15-1-3-16(27)4-2-15)7-18(17)26-20-13-5-12-6-14(20)10-22(29,8-12)9-13/h1-4,7,11-14,20,27,29H,5-6,8-10H2,(H2,23,28)(H2,24,25,26)/t12?,13-,14+,20?,22?. The molecule has 0 spiro atoms. The van der Waals surface area contributed by atoms with Crippen LogP contribution < -0.4 is 16.4 Å². The second-order valence-corrected chi connectivity index (χ2v) is 9.02. The summed E-state index contributed by atoms with van der Waals surface area (Å²) in [7, 11) is 0. The fourth-order valence-electron chi connectivity index (χ4n) is 5.93. The molecule has 4 fully saturated rings. The van der Waals surface area contributed by atoms with Crippen LogP contribution in [0.15, 0.2) is 36.5 Å². The van der Waals surface area contributed by atoms with E-state index in [9.17, 15) is 15.0 Å². The molecule has 6 N–H and O–H groups in total. The molecule has 4 bridgehead atoms. The molecule has 4 aliphatic rings. The van der Waals surface area contributed by atoms with Gasteiger partial charge < -0.3 is 26.6 Å². The Hall–Kier alpha value is -2.80. The van der Waals surface area contributed by atoms with Crippen LogP contribution in [-0.4, -0.2) is 32.7 Å².